The zero-order valence-corrected chi connectivity index (χ0v) is 22.7. The molecule has 3 atom stereocenters. The number of aliphatic hydroxyl groups excluding tert-OH is 1. The molecule has 0 amide bonds. The summed E-state index contributed by atoms with van der Waals surface area (Å²) < 4.78 is 32.7. The van der Waals surface area contributed by atoms with Crippen LogP contribution in [0.1, 0.15) is 30.9 Å². The Morgan fingerprint density at radius 1 is 1.27 bits per heavy atom. The fraction of sp³-hybridized carbons (Fsp3) is 0.407. The van der Waals surface area contributed by atoms with Gasteiger partial charge in [0.25, 0.3) is 0 Å². The molecule has 4 heterocycles. The van der Waals surface area contributed by atoms with Crippen molar-refractivity contribution in [3.8, 4) is 17.2 Å². The number of benzene rings is 1. The third-order valence-corrected chi connectivity index (χ3v) is 8.42. The number of aromatic nitrogens is 4. The Hall–Kier alpha value is -2.57. The van der Waals surface area contributed by atoms with Crippen molar-refractivity contribution in [3.63, 3.8) is 0 Å². The van der Waals surface area contributed by atoms with Crippen molar-refractivity contribution in [2.75, 3.05) is 31.1 Å². The highest BCUT2D eigenvalue weighted by Gasteiger charge is 2.29. The molecular weight excluding hydrogens is 589 g/mol. The normalized spacial score (nSPS) is 21.9. The summed E-state index contributed by atoms with van der Waals surface area (Å²) >= 11 is 2.22. The smallest absolute Gasteiger partial charge is 0.179 e. The van der Waals surface area contributed by atoms with E-state index in [4.69, 9.17) is 0 Å². The van der Waals surface area contributed by atoms with Crippen LogP contribution in [0, 0.1) is 11.8 Å². The summed E-state index contributed by atoms with van der Waals surface area (Å²) in [6, 6.07) is 8.42. The molecule has 3 aromatic rings. The second-order valence-electron chi connectivity index (χ2n) is 10.2. The molecule has 0 bridgehead atoms. The number of hydrogen-bond acceptors (Lipinski definition) is 5. The van der Waals surface area contributed by atoms with E-state index in [2.05, 4.69) is 65.7 Å². The van der Waals surface area contributed by atoms with Gasteiger partial charge in [-0.15, -0.1) is 0 Å². The number of nitrogens with one attached hydrogen (secondary N) is 1. The van der Waals surface area contributed by atoms with Gasteiger partial charge in [0.15, 0.2) is 5.82 Å². The first-order chi connectivity index (χ1) is 17.9. The lowest BCUT2D eigenvalue weighted by atomic mass is 9.88. The van der Waals surface area contributed by atoms with Crippen LogP contribution in [-0.4, -0.2) is 54.7 Å². The lowest BCUT2D eigenvalue weighted by molar-refractivity contribution is 0.282. The second-order valence-corrected chi connectivity index (χ2v) is 11.7. The van der Waals surface area contributed by atoms with Crippen molar-refractivity contribution < 1.29 is 13.9 Å². The Bertz CT molecular complexity index is 1400. The van der Waals surface area contributed by atoms with E-state index in [1.807, 2.05) is 23.9 Å². The maximum Gasteiger partial charge on any atom is 0.179 e. The number of allylic oxidation sites excluding steroid dienone is 4. The number of halogens is 3. The van der Waals surface area contributed by atoms with E-state index in [-0.39, 0.29) is 23.0 Å². The van der Waals surface area contributed by atoms with Crippen molar-refractivity contribution in [2.45, 2.75) is 30.4 Å². The van der Waals surface area contributed by atoms with Gasteiger partial charge in [-0.2, -0.15) is 5.10 Å². The molecule has 0 radical (unpaired) electrons. The van der Waals surface area contributed by atoms with Gasteiger partial charge in [-0.25, -0.2) is 18.4 Å². The van der Waals surface area contributed by atoms with Gasteiger partial charge in [0, 0.05) is 50.6 Å². The fourth-order valence-corrected chi connectivity index (χ4v) is 6.03. The minimum Gasteiger partial charge on any atom is -0.394 e. The summed E-state index contributed by atoms with van der Waals surface area (Å²) in [5, 5.41) is 17.2. The van der Waals surface area contributed by atoms with Crippen LogP contribution >= 0.6 is 22.6 Å². The monoisotopic (exact) mass is 618 g/mol. The molecule has 7 nitrogen and oxygen atoms in total. The molecule has 1 aromatic carbocycles. The van der Waals surface area contributed by atoms with E-state index in [0.717, 1.165) is 54.6 Å². The molecule has 2 aliphatic heterocycles. The zero-order valence-electron chi connectivity index (χ0n) is 20.5. The van der Waals surface area contributed by atoms with Gasteiger partial charge in [0.05, 0.1) is 22.0 Å². The van der Waals surface area contributed by atoms with E-state index in [9.17, 15) is 13.9 Å². The van der Waals surface area contributed by atoms with E-state index in [1.165, 1.54) is 5.69 Å². The Morgan fingerprint density at radius 2 is 2.14 bits per heavy atom. The molecule has 1 saturated heterocycles. The lowest BCUT2D eigenvalue weighted by Gasteiger charge is -2.21. The number of aliphatic hydroxyl groups is 1. The number of hydrogen-bond donors (Lipinski definition) is 2. The highest BCUT2D eigenvalue weighted by molar-refractivity contribution is 14.1. The maximum atomic E-state index is 14.8. The summed E-state index contributed by atoms with van der Waals surface area (Å²) in [5.41, 5.74) is 5.41. The molecule has 194 valence electrons. The molecule has 3 aliphatic rings. The van der Waals surface area contributed by atoms with Crippen molar-refractivity contribution >= 4 is 33.9 Å². The Balaban J connectivity index is 1.31. The van der Waals surface area contributed by atoms with Gasteiger partial charge in [0.1, 0.15) is 18.0 Å². The molecule has 6 rings (SSSR count). The Morgan fingerprint density at radius 3 is 2.95 bits per heavy atom. The molecule has 1 fully saturated rings. The third kappa shape index (κ3) is 4.63. The summed E-state index contributed by atoms with van der Waals surface area (Å²) in [7, 11) is 0. The Kier molecular flexibility index (Phi) is 6.66. The SMILES string of the molecule is CC1CC(F)=CC(F)=C1c1cc2n(c1)Cc1cc(N3CC[C@H](CN[C@H](I)CO)C3)ccc1-n1ncnc1-2. The molecule has 1 aliphatic carbocycles. The molecule has 0 saturated carbocycles. The van der Waals surface area contributed by atoms with Crippen LogP contribution in [0.3, 0.4) is 0 Å². The van der Waals surface area contributed by atoms with Crippen LogP contribution in [-0.2, 0) is 6.54 Å². The molecular formula is C27H29F2IN6O. The summed E-state index contributed by atoms with van der Waals surface area (Å²) in [4.78, 5) is 6.94. The quantitative estimate of drug-likeness (QED) is 0.184. The molecule has 2 aromatic heterocycles. The molecule has 0 spiro atoms. The largest absolute Gasteiger partial charge is 0.394 e. The fourth-order valence-electron chi connectivity index (χ4n) is 5.77. The van der Waals surface area contributed by atoms with Gasteiger partial charge in [0.2, 0.25) is 0 Å². The minimum atomic E-state index is -0.507. The Labute approximate surface area is 228 Å². The summed E-state index contributed by atoms with van der Waals surface area (Å²) in [6.45, 7) is 5.42. The summed E-state index contributed by atoms with van der Waals surface area (Å²) in [6.07, 6.45) is 5.81. The van der Waals surface area contributed by atoms with Gasteiger partial charge in [-0.1, -0.05) is 29.5 Å². The number of nitrogens with zero attached hydrogens (tertiary/aromatic N) is 5. The first-order valence-electron chi connectivity index (χ1n) is 12.6. The second kappa shape index (κ2) is 9.95. The van der Waals surface area contributed by atoms with Crippen molar-refractivity contribution in [1.29, 1.82) is 0 Å². The number of alkyl halides is 1. The lowest BCUT2D eigenvalue weighted by Crippen LogP contribution is -2.32. The first kappa shape index (κ1) is 24.7. The van der Waals surface area contributed by atoms with Crippen LogP contribution in [0.15, 0.2) is 54.5 Å². The van der Waals surface area contributed by atoms with Gasteiger partial charge < -0.3 is 19.9 Å². The first-order valence-corrected chi connectivity index (χ1v) is 13.9. The highest BCUT2D eigenvalue weighted by Crippen LogP contribution is 2.40. The molecule has 10 heteroatoms. The number of fused-ring (bicyclic) bond motifs is 5. The van der Waals surface area contributed by atoms with Crippen LogP contribution in [0.2, 0.25) is 0 Å². The van der Waals surface area contributed by atoms with Crippen LogP contribution < -0.4 is 10.2 Å². The van der Waals surface area contributed by atoms with E-state index in [0.29, 0.717) is 23.9 Å². The maximum absolute atomic E-state index is 14.8. The van der Waals surface area contributed by atoms with Crippen LogP contribution in [0.4, 0.5) is 14.5 Å². The standard InChI is InChI=1S/C27H29F2IN6O/c1-16-6-20(28)9-22(29)26(16)19-8-24-27-32-15-33-36(27)23-3-2-21(7-18(23)12-35(24)13-19)34-5-4-17(11-34)10-31-25(30)14-37/h2-3,7-9,13,15-17,25,31,37H,4-6,10-12,14H2,1H3/t16?,17-,25+/m1/s1. The predicted molar refractivity (Wildman–Crippen MR) is 148 cm³/mol. The molecule has 37 heavy (non-hydrogen) atoms. The van der Waals surface area contributed by atoms with Crippen molar-refractivity contribution in [2.24, 2.45) is 11.8 Å². The summed E-state index contributed by atoms with van der Waals surface area (Å²) in [5.74, 6) is 0.0623. The number of anilines is 1. The average molecular weight is 618 g/mol. The topological polar surface area (TPSA) is 71.1 Å². The molecule has 2 N–H and O–H groups in total. The van der Waals surface area contributed by atoms with Crippen molar-refractivity contribution in [1.82, 2.24) is 24.6 Å². The third-order valence-electron chi connectivity index (χ3n) is 7.59. The molecule has 1 unspecified atom stereocenters. The van der Waals surface area contributed by atoms with E-state index < -0.39 is 11.7 Å². The van der Waals surface area contributed by atoms with E-state index in [1.54, 1.807) is 6.33 Å². The van der Waals surface area contributed by atoms with Crippen LogP contribution in [0.25, 0.3) is 22.8 Å². The number of rotatable bonds is 6. The zero-order chi connectivity index (χ0) is 25.7. The van der Waals surface area contributed by atoms with Gasteiger partial charge in [-0.05, 0) is 59.2 Å². The van der Waals surface area contributed by atoms with Crippen molar-refractivity contribution in [3.05, 3.63) is 65.6 Å². The highest BCUT2D eigenvalue weighted by atomic mass is 127. The average Bonchev–Trinajstić information content (AvgIpc) is 3.61. The van der Waals surface area contributed by atoms with Gasteiger partial charge in [-0.3, -0.25) is 0 Å². The van der Waals surface area contributed by atoms with Gasteiger partial charge >= 0.3 is 0 Å². The minimum absolute atomic E-state index is 0.0764. The van der Waals surface area contributed by atoms with Crippen LogP contribution in [0.5, 0.6) is 0 Å². The predicted octanol–water partition coefficient (Wildman–Crippen LogP) is 4.84. The van der Waals surface area contributed by atoms with E-state index >= 15 is 0 Å².